The molecule has 0 aliphatic heterocycles. The van der Waals surface area contributed by atoms with Crippen LogP contribution in [0, 0.1) is 6.92 Å². The second kappa shape index (κ2) is 7.77. The number of benzene rings is 1. The second-order valence-electron chi connectivity index (χ2n) is 6.76. The molecule has 1 heterocycles. The maximum atomic E-state index is 11.8. The summed E-state index contributed by atoms with van der Waals surface area (Å²) >= 11 is 1.85. The molecule has 0 fully saturated rings. The van der Waals surface area contributed by atoms with Crippen LogP contribution in [-0.4, -0.2) is 34.6 Å². The Morgan fingerprint density at radius 2 is 1.96 bits per heavy atom. The van der Waals surface area contributed by atoms with Crippen molar-refractivity contribution in [2.75, 3.05) is 18.8 Å². The highest BCUT2D eigenvalue weighted by Gasteiger charge is 2.10. The molecule has 2 aromatic rings. The van der Waals surface area contributed by atoms with Crippen LogP contribution in [0.15, 0.2) is 24.4 Å². The van der Waals surface area contributed by atoms with Gasteiger partial charge in [0.2, 0.25) is 0 Å². The number of hydrogen-bond acceptors (Lipinski definition) is 2. The molecule has 0 atom stereocenters. The summed E-state index contributed by atoms with van der Waals surface area (Å²) in [6, 6.07) is 6.31. The minimum Gasteiger partial charge on any atom is -0.361 e. The molecular weight excluding hydrogens is 306 g/mol. The molecule has 126 valence electrons. The lowest BCUT2D eigenvalue weighted by atomic mass is 10.1. The molecule has 0 unspecified atom stereocenters. The van der Waals surface area contributed by atoms with Crippen LogP contribution >= 0.6 is 11.8 Å². The molecule has 0 saturated heterocycles. The molecule has 0 radical (unpaired) electrons. The van der Waals surface area contributed by atoms with Crippen molar-refractivity contribution in [3.63, 3.8) is 0 Å². The number of hydrogen-bond donors (Lipinski definition) is 3. The summed E-state index contributed by atoms with van der Waals surface area (Å²) in [4.78, 5) is 15.1. The first-order chi connectivity index (χ1) is 10.8. The standard InChI is InChI=1S/C18H27N3OS/c1-13-5-6-15-14(12-21-16(15)11-13)7-8-19-17(22)20-9-10-23-18(2,3)4/h5-6,11-12,21H,7-10H2,1-4H3,(H2,19,20,22). The molecule has 2 rings (SSSR count). The maximum Gasteiger partial charge on any atom is 0.314 e. The Kier molecular flexibility index (Phi) is 5.99. The Morgan fingerprint density at radius 1 is 1.22 bits per heavy atom. The third kappa shape index (κ3) is 5.82. The summed E-state index contributed by atoms with van der Waals surface area (Å²) < 4.78 is 0.242. The van der Waals surface area contributed by atoms with Gasteiger partial charge in [-0.25, -0.2) is 4.79 Å². The van der Waals surface area contributed by atoms with Gasteiger partial charge in [0.15, 0.2) is 0 Å². The average molecular weight is 334 g/mol. The number of rotatable bonds is 6. The van der Waals surface area contributed by atoms with Crippen molar-refractivity contribution in [2.24, 2.45) is 0 Å². The molecule has 0 bridgehead atoms. The van der Waals surface area contributed by atoms with Gasteiger partial charge in [-0.2, -0.15) is 11.8 Å². The van der Waals surface area contributed by atoms with Gasteiger partial charge in [0.1, 0.15) is 0 Å². The molecule has 5 heteroatoms. The molecule has 4 nitrogen and oxygen atoms in total. The Morgan fingerprint density at radius 3 is 2.70 bits per heavy atom. The van der Waals surface area contributed by atoms with E-state index in [9.17, 15) is 4.79 Å². The number of nitrogens with one attached hydrogen (secondary N) is 3. The minimum atomic E-state index is -0.0878. The summed E-state index contributed by atoms with van der Waals surface area (Å²) in [7, 11) is 0. The van der Waals surface area contributed by atoms with Crippen molar-refractivity contribution in [3.8, 4) is 0 Å². The zero-order valence-corrected chi connectivity index (χ0v) is 15.3. The molecule has 2 amide bonds. The first-order valence-corrected chi connectivity index (χ1v) is 9.06. The highest BCUT2D eigenvalue weighted by molar-refractivity contribution is 8.00. The number of aryl methyl sites for hydroxylation is 1. The van der Waals surface area contributed by atoms with Crippen LogP contribution < -0.4 is 10.6 Å². The zero-order valence-electron chi connectivity index (χ0n) is 14.5. The van der Waals surface area contributed by atoms with Gasteiger partial charge in [-0.3, -0.25) is 0 Å². The van der Waals surface area contributed by atoms with Gasteiger partial charge in [0, 0.05) is 40.7 Å². The summed E-state index contributed by atoms with van der Waals surface area (Å²) in [5.41, 5.74) is 3.64. The van der Waals surface area contributed by atoms with Gasteiger partial charge in [0.25, 0.3) is 0 Å². The van der Waals surface area contributed by atoms with Crippen LogP contribution in [0.3, 0.4) is 0 Å². The van der Waals surface area contributed by atoms with Gasteiger partial charge in [0.05, 0.1) is 0 Å². The van der Waals surface area contributed by atoms with Crippen LogP contribution in [-0.2, 0) is 6.42 Å². The van der Waals surface area contributed by atoms with Gasteiger partial charge in [-0.15, -0.1) is 0 Å². The first-order valence-electron chi connectivity index (χ1n) is 8.07. The second-order valence-corrected chi connectivity index (χ2v) is 8.68. The van der Waals surface area contributed by atoms with Crippen molar-refractivity contribution in [1.29, 1.82) is 0 Å². The van der Waals surface area contributed by atoms with Crippen LogP contribution in [0.5, 0.6) is 0 Å². The van der Waals surface area contributed by atoms with Crippen molar-refractivity contribution in [2.45, 2.75) is 38.9 Å². The van der Waals surface area contributed by atoms with E-state index in [1.807, 2.05) is 18.0 Å². The molecule has 1 aromatic carbocycles. The van der Waals surface area contributed by atoms with E-state index in [0.29, 0.717) is 13.1 Å². The SMILES string of the molecule is Cc1ccc2c(CCNC(=O)NCCSC(C)(C)C)c[nH]c2c1. The Bertz CT molecular complexity index is 658. The molecular formula is C18H27N3OS. The number of amides is 2. The van der Waals surface area contributed by atoms with E-state index < -0.39 is 0 Å². The number of thioether (sulfide) groups is 1. The largest absolute Gasteiger partial charge is 0.361 e. The minimum absolute atomic E-state index is 0.0878. The number of aromatic amines is 1. The third-order valence-corrected chi connectivity index (χ3v) is 4.80. The number of carbonyl (C=O) groups excluding carboxylic acids is 1. The Labute approximate surface area is 142 Å². The fraction of sp³-hybridized carbons (Fsp3) is 0.500. The predicted molar refractivity (Wildman–Crippen MR) is 100 cm³/mol. The van der Waals surface area contributed by atoms with E-state index in [4.69, 9.17) is 0 Å². The van der Waals surface area contributed by atoms with Gasteiger partial charge >= 0.3 is 6.03 Å². The molecule has 0 spiro atoms. The van der Waals surface area contributed by atoms with Crippen LogP contribution in [0.4, 0.5) is 4.79 Å². The van der Waals surface area contributed by atoms with Gasteiger partial charge in [-0.1, -0.05) is 32.9 Å². The number of H-pyrrole nitrogens is 1. The Hall–Kier alpha value is -1.62. The zero-order chi connectivity index (χ0) is 16.9. The van der Waals surface area contributed by atoms with Gasteiger partial charge < -0.3 is 15.6 Å². The number of urea groups is 1. The summed E-state index contributed by atoms with van der Waals surface area (Å²) in [5.74, 6) is 0.929. The maximum absolute atomic E-state index is 11.8. The van der Waals surface area contributed by atoms with E-state index >= 15 is 0 Å². The molecule has 1 aromatic heterocycles. The van der Waals surface area contributed by atoms with Crippen molar-refractivity contribution >= 4 is 28.7 Å². The Balaban J connectivity index is 1.71. The van der Waals surface area contributed by atoms with Crippen molar-refractivity contribution in [1.82, 2.24) is 15.6 Å². The monoisotopic (exact) mass is 333 g/mol. The van der Waals surface area contributed by atoms with E-state index in [2.05, 4.69) is 61.5 Å². The molecule has 0 aliphatic rings. The highest BCUT2D eigenvalue weighted by Crippen LogP contribution is 2.22. The van der Waals surface area contributed by atoms with E-state index in [-0.39, 0.29) is 10.8 Å². The molecule has 0 aliphatic carbocycles. The van der Waals surface area contributed by atoms with Crippen LogP contribution in [0.1, 0.15) is 31.9 Å². The lowest BCUT2D eigenvalue weighted by Crippen LogP contribution is -2.38. The fourth-order valence-corrected chi connectivity index (χ4v) is 3.22. The fourth-order valence-electron chi connectivity index (χ4n) is 2.40. The smallest absolute Gasteiger partial charge is 0.314 e. The number of fused-ring (bicyclic) bond motifs is 1. The van der Waals surface area contributed by atoms with E-state index in [1.54, 1.807) is 0 Å². The van der Waals surface area contributed by atoms with Crippen LogP contribution in [0.25, 0.3) is 10.9 Å². The van der Waals surface area contributed by atoms with Gasteiger partial charge in [-0.05, 0) is 30.5 Å². The van der Waals surface area contributed by atoms with E-state index in [0.717, 1.165) is 17.7 Å². The van der Waals surface area contributed by atoms with Crippen molar-refractivity contribution in [3.05, 3.63) is 35.5 Å². The lowest BCUT2D eigenvalue weighted by Gasteiger charge is -2.17. The molecule has 23 heavy (non-hydrogen) atoms. The molecule has 0 saturated carbocycles. The first kappa shape index (κ1) is 17.7. The summed E-state index contributed by atoms with van der Waals surface area (Å²) in [6.45, 7) is 9.96. The van der Waals surface area contributed by atoms with Crippen LogP contribution in [0.2, 0.25) is 0 Å². The summed E-state index contributed by atoms with van der Waals surface area (Å²) in [5, 5.41) is 7.06. The molecule has 3 N–H and O–H groups in total. The average Bonchev–Trinajstić information content (AvgIpc) is 2.85. The lowest BCUT2D eigenvalue weighted by molar-refractivity contribution is 0.241. The number of aromatic nitrogens is 1. The predicted octanol–water partition coefficient (Wildman–Crippen LogP) is 3.85. The normalized spacial score (nSPS) is 11.7. The van der Waals surface area contributed by atoms with E-state index in [1.165, 1.54) is 16.5 Å². The quantitative estimate of drug-likeness (QED) is 0.703. The van der Waals surface area contributed by atoms with Crippen molar-refractivity contribution < 1.29 is 4.79 Å². The summed E-state index contributed by atoms with van der Waals surface area (Å²) in [6.07, 6.45) is 2.86. The topological polar surface area (TPSA) is 56.9 Å². The third-order valence-electron chi connectivity index (χ3n) is 3.53. The highest BCUT2D eigenvalue weighted by atomic mass is 32.2. The number of carbonyl (C=O) groups is 1.